The molecule has 3 aromatic rings. The van der Waals surface area contributed by atoms with Crippen LogP contribution < -0.4 is 10.6 Å². The maximum Gasteiger partial charge on any atom is 0.252 e. The molecule has 3 rings (SSSR count). The number of hydrogen-bond donors (Lipinski definition) is 2. The van der Waals surface area contributed by atoms with E-state index in [1.54, 1.807) is 47.9 Å². The fraction of sp³-hybridized carbons (Fsp3) is 0.368. The van der Waals surface area contributed by atoms with Gasteiger partial charge in [-0.05, 0) is 24.0 Å². The van der Waals surface area contributed by atoms with Crippen LogP contribution in [0, 0.1) is 0 Å². The van der Waals surface area contributed by atoms with Crippen molar-refractivity contribution in [3.05, 3.63) is 39.5 Å². The van der Waals surface area contributed by atoms with Gasteiger partial charge in [0.15, 0.2) is 10.8 Å². The molecule has 1 aromatic carbocycles. The maximum atomic E-state index is 12.5. The van der Waals surface area contributed by atoms with Gasteiger partial charge >= 0.3 is 0 Å². The Morgan fingerprint density at radius 3 is 2.93 bits per heavy atom. The Bertz CT molecular complexity index is 1030. The molecular weight excluding hydrogens is 492 g/mol. The van der Waals surface area contributed by atoms with Crippen molar-refractivity contribution in [2.45, 2.75) is 18.6 Å². The molecule has 1 amide bonds. The molecular formula is C19H22BrClN6O2S. The highest BCUT2D eigenvalue weighted by molar-refractivity contribution is 9.10. The molecule has 0 aliphatic carbocycles. The summed E-state index contributed by atoms with van der Waals surface area (Å²) in [5.41, 5.74) is 1.14. The van der Waals surface area contributed by atoms with Gasteiger partial charge in [0, 0.05) is 24.7 Å². The highest BCUT2D eigenvalue weighted by Crippen LogP contribution is 2.24. The molecule has 0 bridgehead atoms. The second kappa shape index (κ2) is 10.9. The Balaban J connectivity index is 1.74. The summed E-state index contributed by atoms with van der Waals surface area (Å²) < 4.78 is 7.66. The van der Waals surface area contributed by atoms with Crippen molar-refractivity contribution in [3.63, 3.8) is 0 Å². The van der Waals surface area contributed by atoms with Crippen LogP contribution in [0.15, 0.2) is 34.0 Å². The molecule has 30 heavy (non-hydrogen) atoms. The number of nitrogens with zero attached hydrogens (tertiary/aromatic N) is 4. The maximum absolute atomic E-state index is 12.5. The Hall–Kier alpha value is -1.88. The Morgan fingerprint density at radius 1 is 1.33 bits per heavy atom. The normalized spacial score (nSPS) is 11.1. The fourth-order valence-electron chi connectivity index (χ4n) is 2.74. The van der Waals surface area contributed by atoms with Crippen LogP contribution in [0.1, 0.15) is 17.3 Å². The van der Waals surface area contributed by atoms with Gasteiger partial charge in [-0.15, -0.1) is 0 Å². The first-order valence-electron chi connectivity index (χ1n) is 9.36. The third-order valence-corrected chi connectivity index (χ3v) is 5.68. The summed E-state index contributed by atoms with van der Waals surface area (Å²) in [7, 11) is 1.66. The molecule has 0 unspecified atom stereocenters. The topological polar surface area (TPSA) is 94.0 Å². The Morgan fingerprint density at radius 2 is 2.17 bits per heavy atom. The molecule has 0 aliphatic heterocycles. The summed E-state index contributed by atoms with van der Waals surface area (Å²) in [4.78, 5) is 21.7. The monoisotopic (exact) mass is 512 g/mol. The number of fused-ring (bicyclic) bond motifs is 1. The van der Waals surface area contributed by atoms with Crippen LogP contribution in [-0.2, 0) is 11.3 Å². The van der Waals surface area contributed by atoms with E-state index < -0.39 is 0 Å². The molecule has 2 N–H and O–H groups in total. The number of carbonyl (C=O) groups is 1. The van der Waals surface area contributed by atoms with E-state index in [1.807, 2.05) is 0 Å². The molecule has 160 valence electrons. The number of halogens is 2. The first-order valence-corrected chi connectivity index (χ1v) is 11.5. The average Bonchev–Trinajstić information content (AvgIpc) is 3.13. The molecule has 0 aliphatic rings. The molecule has 0 saturated carbocycles. The van der Waals surface area contributed by atoms with Gasteiger partial charge < -0.3 is 15.4 Å². The zero-order chi connectivity index (χ0) is 21.5. The summed E-state index contributed by atoms with van der Waals surface area (Å²) in [6, 6.07) is 5.17. The average molecular weight is 514 g/mol. The van der Waals surface area contributed by atoms with Crippen molar-refractivity contribution < 1.29 is 9.53 Å². The van der Waals surface area contributed by atoms with E-state index in [0.717, 1.165) is 27.1 Å². The first kappa shape index (κ1) is 22.8. The van der Waals surface area contributed by atoms with Gasteiger partial charge in [0.2, 0.25) is 0 Å². The van der Waals surface area contributed by atoms with E-state index in [2.05, 4.69) is 48.6 Å². The minimum atomic E-state index is -0.239. The largest absolute Gasteiger partial charge is 0.383 e. The number of anilines is 1. The molecule has 0 saturated heterocycles. The second-order valence-electron chi connectivity index (χ2n) is 6.19. The molecule has 0 atom stereocenters. The lowest BCUT2D eigenvalue weighted by atomic mass is 10.2. The number of methoxy groups -OCH3 is 1. The first-order chi connectivity index (χ1) is 14.5. The zero-order valence-electron chi connectivity index (χ0n) is 16.6. The number of thioether (sulfide) groups is 1. The third-order valence-electron chi connectivity index (χ3n) is 4.13. The molecule has 8 nitrogen and oxygen atoms in total. The van der Waals surface area contributed by atoms with E-state index in [0.29, 0.717) is 42.0 Å². The predicted molar refractivity (Wildman–Crippen MR) is 124 cm³/mol. The van der Waals surface area contributed by atoms with Gasteiger partial charge in [0.25, 0.3) is 5.91 Å². The Labute approximate surface area is 192 Å². The molecule has 0 fully saturated rings. The van der Waals surface area contributed by atoms with E-state index in [9.17, 15) is 4.79 Å². The lowest BCUT2D eigenvalue weighted by molar-refractivity contribution is 0.0952. The number of benzene rings is 1. The number of aromatic nitrogens is 4. The van der Waals surface area contributed by atoms with Crippen LogP contribution in [-0.4, -0.2) is 58.2 Å². The standard InChI is InChI=1S/C19H22BrClN6O2S/c1-3-30-19-25-16(22-7-9-29-2)14-11-24-27(17(14)26-19)8-6-23-18(28)13-10-12(20)4-5-15(13)21/h4-5,10-11H,3,6-9H2,1-2H3,(H,23,28)(H,22,25,26). The van der Waals surface area contributed by atoms with Crippen LogP contribution in [0.3, 0.4) is 0 Å². The van der Waals surface area contributed by atoms with Crippen molar-refractivity contribution in [2.24, 2.45) is 0 Å². The smallest absolute Gasteiger partial charge is 0.252 e. The number of hydrogen-bond acceptors (Lipinski definition) is 7. The zero-order valence-corrected chi connectivity index (χ0v) is 19.8. The highest BCUT2D eigenvalue weighted by Gasteiger charge is 2.14. The van der Waals surface area contributed by atoms with Gasteiger partial charge in [-0.3, -0.25) is 4.79 Å². The number of amides is 1. The second-order valence-corrected chi connectivity index (χ2v) is 8.75. The van der Waals surface area contributed by atoms with E-state index in [-0.39, 0.29) is 5.91 Å². The molecule has 2 heterocycles. The Kier molecular flexibility index (Phi) is 8.32. The summed E-state index contributed by atoms with van der Waals surface area (Å²) in [6.45, 7) is 4.10. The van der Waals surface area contributed by atoms with Crippen LogP contribution in [0.2, 0.25) is 5.02 Å². The van der Waals surface area contributed by atoms with Crippen molar-refractivity contribution in [1.82, 2.24) is 25.1 Å². The van der Waals surface area contributed by atoms with Gasteiger partial charge in [0.05, 0.1) is 35.3 Å². The van der Waals surface area contributed by atoms with Gasteiger partial charge in [-0.25, -0.2) is 14.6 Å². The van der Waals surface area contributed by atoms with Crippen LogP contribution in [0.4, 0.5) is 5.82 Å². The van der Waals surface area contributed by atoms with Gasteiger partial charge in [-0.1, -0.05) is 46.2 Å². The lowest BCUT2D eigenvalue weighted by Crippen LogP contribution is -2.27. The molecule has 0 spiro atoms. The SMILES string of the molecule is CCSc1nc(NCCOC)c2cnn(CCNC(=O)c3cc(Br)ccc3Cl)c2n1. The predicted octanol–water partition coefficient (Wildman–Crippen LogP) is 3.84. The summed E-state index contributed by atoms with van der Waals surface area (Å²) in [6.07, 6.45) is 1.73. The number of ether oxygens (including phenoxy) is 1. The number of carbonyl (C=O) groups excluding carboxylic acids is 1. The van der Waals surface area contributed by atoms with Gasteiger partial charge in [0.1, 0.15) is 5.82 Å². The van der Waals surface area contributed by atoms with Crippen molar-refractivity contribution >= 4 is 62.1 Å². The summed E-state index contributed by atoms with van der Waals surface area (Å²) >= 11 is 11.0. The van der Waals surface area contributed by atoms with E-state index >= 15 is 0 Å². The quantitative estimate of drug-likeness (QED) is 0.242. The van der Waals surface area contributed by atoms with Crippen LogP contribution >= 0.6 is 39.3 Å². The van der Waals surface area contributed by atoms with Gasteiger partial charge in [-0.2, -0.15) is 5.10 Å². The summed E-state index contributed by atoms with van der Waals surface area (Å²) in [5, 5.41) is 12.5. The molecule has 0 radical (unpaired) electrons. The minimum absolute atomic E-state index is 0.239. The fourth-order valence-corrected chi connectivity index (χ4v) is 3.87. The minimum Gasteiger partial charge on any atom is -0.383 e. The van der Waals surface area contributed by atoms with Crippen molar-refractivity contribution in [2.75, 3.05) is 37.9 Å². The third kappa shape index (κ3) is 5.63. The number of nitrogens with one attached hydrogen (secondary N) is 2. The van der Waals surface area contributed by atoms with Crippen LogP contribution in [0.5, 0.6) is 0 Å². The van der Waals surface area contributed by atoms with Crippen molar-refractivity contribution in [1.29, 1.82) is 0 Å². The number of rotatable bonds is 10. The summed E-state index contributed by atoms with van der Waals surface area (Å²) in [5.74, 6) is 1.35. The van der Waals surface area contributed by atoms with E-state index in [4.69, 9.17) is 16.3 Å². The lowest BCUT2D eigenvalue weighted by Gasteiger charge is -2.10. The van der Waals surface area contributed by atoms with Crippen molar-refractivity contribution in [3.8, 4) is 0 Å². The molecule has 11 heteroatoms. The van der Waals surface area contributed by atoms with Crippen LogP contribution in [0.25, 0.3) is 11.0 Å². The molecule has 2 aromatic heterocycles. The van der Waals surface area contributed by atoms with E-state index in [1.165, 1.54) is 0 Å². The highest BCUT2D eigenvalue weighted by atomic mass is 79.9.